The molecule has 1 aromatic heterocycles. The summed E-state index contributed by atoms with van der Waals surface area (Å²) in [7, 11) is -3.69. The van der Waals surface area contributed by atoms with Crippen LogP contribution in [0.25, 0.3) is 5.69 Å². The van der Waals surface area contributed by atoms with Crippen LogP contribution in [0.1, 0.15) is 35.2 Å². The molecule has 0 saturated carbocycles. The van der Waals surface area contributed by atoms with E-state index in [0.717, 1.165) is 11.3 Å². The average molecular weight is 481 g/mol. The van der Waals surface area contributed by atoms with E-state index in [1.807, 2.05) is 43.3 Å². The van der Waals surface area contributed by atoms with Crippen LogP contribution in [-0.4, -0.2) is 37.2 Å². The number of nitrogens with zero attached hydrogens (tertiary/aromatic N) is 3. The number of rotatable bonds is 10. The van der Waals surface area contributed by atoms with Crippen LogP contribution in [0.3, 0.4) is 0 Å². The number of nitrogens with one attached hydrogen (secondary N) is 2. The number of para-hydroxylation sites is 1. The molecule has 1 amide bonds. The third-order valence-electron chi connectivity index (χ3n) is 5.30. The number of benzene rings is 2. The molecule has 0 aliphatic rings. The summed E-state index contributed by atoms with van der Waals surface area (Å²) in [5.41, 5.74) is 9.26. The molecule has 0 aliphatic heterocycles. The van der Waals surface area contributed by atoms with Gasteiger partial charge in [0, 0.05) is 19.5 Å². The lowest BCUT2D eigenvalue weighted by molar-refractivity contribution is -0.120. The van der Waals surface area contributed by atoms with Gasteiger partial charge in [0.15, 0.2) is 0 Å². The SMILES string of the molecule is Cc1ccc(C)c(S(=O)(=O)NCCC(=O)NCCCc2nn(-c3ccccc3)c(N)c2C#N)c1. The summed E-state index contributed by atoms with van der Waals surface area (Å²) in [6.45, 7) is 3.92. The largest absolute Gasteiger partial charge is 0.382 e. The van der Waals surface area contributed by atoms with Gasteiger partial charge in [0.1, 0.15) is 17.5 Å². The van der Waals surface area contributed by atoms with Crippen LogP contribution < -0.4 is 15.8 Å². The Hall–Kier alpha value is -3.68. The van der Waals surface area contributed by atoms with E-state index in [0.29, 0.717) is 36.2 Å². The Balaban J connectivity index is 1.47. The van der Waals surface area contributed by atoms with Crippen molar-refractivity contribution in [3.8, 4) is 11.8 Å². The smallest absolute Gasteiger partial charge is 0.240 e. The minimum atomic E-state index is -3.69. The van der Waals surface area contributed by atoms with Crippen LogP contribution in [-0.2, 0) is 21.2 Å². The number of carbonyl (C=O) groups excluding carboxylic acids is 1. The molecule has 4 N–H and O–H groups in total. The van der Waals surface area contributed by atoms with Gasteiger partial charge in [0.05, 0.1) is 16.3 Å². The molecule has 0 unspecified atom stereocenters. The Morgan fingerprint density at radius 1 is 1.15 bits per heavy atom. The van der Waals surface area contributed by atoms with Crippen molar-refractivity contribution in [2.45, 2.75) is 38.0 Å². The molecule has 9 nitrogen and oxygen atoms in total. The Morgan fingerprint density at radius 2 is 1.88 bits per heavy atom. The number of carbonyl (C=O) groups is 1. The maximum atomic E-state index is 12.5. The Kier molecular flexibility index (Phi) is 8.04. The van der Waals surface area contributed by atoms with Crippen LogP contribution in [0.4, 0.5) is 5.82 Å². The highest BCUT2D eigenvalue weighted by molar-refractivity contribution is 7.89. The summed E-state index contributed by atoms with van der Waals surface area (Å²) in [6, 6.07) is 16.6. The lowest BCUT2D eigenvalue weighted by Gasteiger charge is -2.10. The van der Waals surface area contributed by atoms with Gasteiger partial charge in [-0.3, -0.25) is 4.79 Å². The van der Waals surface area contributed by atoms with E-state index in [9.17, 15) is 18.5 Å². The van der Waals surface area contributed by atoms with Crippen molar-refractivity contribution in [1.82, 2.24) is 19.8 Å². The van der Waals surface area contributed by atoms with Gasteiger partial charge in [-0.1, -0.05) is 30.3 Å². The van der Waals surface area contributed by atoms with E-state index in [1.54, 1.807) is 19.1 Å². The fourth-order valence-electron chi connectivity index (χ4n) is 3.49. The second-order valence-corrected chi connectivity index (χ2v) is 9.67. The van der Waals surface area contributed by atoms with Gasteiger partial charge in [-0.05, 0) is 56.0 Å². The number of nitriles is 1. The first-order chi connectivity index (χ1) is 16.2. The molecule has 0 fully saturated rings. The van der Waals surface area contributed by atoms with Crippen molar-refractivity contribution in [2.75, 3.05) is 18.8 Å². The standard InChI is InChI=1S/C24H28N6O3S/c1-17-10-11-18(2)22(15-17)34(32,33)28-14-12-23(31)27-13-6-9-21-20(16-25)24(26)30(29-21)19-7-4-3-5-8-19/h3-5,7-8,10-11,15,28H,6,9,12-14,26H2,1-2H3,(H,27,31). The van der Waals surface area contributed by atoms with Crippen molar-refractivity contribution in [2.24, 2.45) is 0 Å². The number of aromatic nitrogens is 2. The minimum absolute atomic E-state index is 0.00184. The summed E-state index contributed by atoms with van der Waals surface area (Å²) in [6.07, 6.45) is 1.04. The average Bonchev–Trinajstić information content (AvgIpc) is 3.13. The second kappa shape index (κ2) is 11.0. The van der Waals surface area contributed by atoms with Crippen molar-refractivity contribution in [3.63, 3.8) is 0 Å². The molecular formula is C24H28N6O3S. The van der Waals surface area contributed by atoms with E-state index in [1.165, 1.54) is 4.68 Å². The Labute approximate surface area is 199 Å². The number of nitrogens with two attached hydrogens (primary N) is 1. The highest BCUT2D eigenvalue weighted by Gasteiger charge is 2.18. The monoisotopic (exact) mass is 480 g/mol. The fraction of sp³-hybridized carbons (Fsp3) is 0.292. The van der Waals surface area contributed by atoms with Crippen molar-refractivity contribution in [3.05, 3.63) is 70.9 Å². The topological polar surface area (TPSA) is 143 Å². The highest BCUT2D eigenvalue weighted by atomic mass is 32.2. The lowest BCUT2D eigenvalue weighted by Crippen LogP contribution is -2.31. The van der Waals surface area contributed by atoms with Crippen LogP contribution in [0.15, 0.2) is 53.4 Å². The number of hydrogen-bond donors (Lipinski definition) is 3. The first-order valence-electron chi connectivity index (χ1n) is 10.9. The molecule has 1 heterocycles. The third-order valence-corrected chi connectivity index (χ3v) is 6.90. The first kappa shape index (κ1) is 25.0. The zero-order valence-corrected chi connectivity index (χ0v) is 20.0. The van der Waals surface area contributed by atoms with Crippen molar-refractivity contribution < 1.29 is 13.2 Å². The molecule has 0 atom stereocenters. The minimum Gasteiger partial charge on any atom is -0.382 e. The molecule has 10 heteroatoms. The van der Waals surface area contributed by atoms with Crippen LogP contribution in [0.2, 0.25) is 0 Å². The summed E-state index contributed by atoms with van der Waals surface area (Å²) < 4.78 is 29.0. The molecule has 178 valence electrons. The lowest BCUT2D eigenvalue weighted by atomic mass is 10.1. The van der Waals surface area contributed by atoms with Gasteiger partial charge < -0.3 is 11.1 Å². The maximum Gasteiger partial charge on any atom is 0.240 e. The fourth-order valence-corrected chi connectivity index (χ4v) is 4.85. The number of amides is 1. The molecule has 0 radical (unpaired) electrons. The van der Waals surface area contributed by atoms with E-state index in [-0.39, 0.29) is 29.6 Å². The quantitative estimate of drug-likeness (QED) is 0.380. The van der Waals surface area contributed by atoms with Crippen LogP contribution in [0.5, 0.6) is 0 Å². The number of hydrogen-bond acceptors (Lipinski definition) is 6. The van der Waals surface area contributed by atoms with Crippen molar-refractivity contribution >= 4 is 21.7 Å². The summed E-state index contributed by atoms with van der Waals surface area (Å²) in [5, 5.41) is 16.7. The third kappa shape index (κ3) is 6.01. The van der Waals surface area contributed by atoms with E-state index in [4.69, 9.17) is 5.73 Å². The summed E-state index contributed by atoms with van der Waals surface area (Å²) in [4.78, 5) is 12.3. The number of anilines is 1. The van der Waals surface area contributed by atoms with Gasteiger partial charge in [-0.15, -0.1) is 0 Å². The maximum absolute atomic E-state index is 12.5. The number of nitrogen functional groups attached to an aromatic ring is 1. The highest BCUT2D eigenvalue weighted by Crippen LogP contribution is 2.21. The zero-order chi connectivity index (χ0) is 24.7. The predicted octanol–water partition coefficient (Wildman–Crippen LogP) is 2.36. The summed E-state index contributed by atoms with van der Waals surface area (Å²) >= 11 is 0. The Bertz CT molecular complexity index is 1310. The molecule has 34 heavy (non-hydrogen) atoms. The number of aryl methyl sites for hydroxylation is 3. The van der Waals surface area contributed by atoms with Gasteiger partial charge in [-0.25, -0.2) is 17.8 Å². The van der Waals surface area contributed by atoms with E-state index in [2.05, 4.69) is 21.2 Å². The van der Waals surface area contributed by atoms with Gasteiger partial charge in [0.25, 0.3) is 0 Å². The molecule has 0 aliphatic carbocycles. The number of sulfonamides is 1. The molecule has 0 bridgehead atoms. The first-order valence-corrected chi connectivity index (χ1v) is 12.4. The molecule has 0 saturated heterocycles. The van der Waals surface area contributed by atoms with Gasteiger partial charge in [-0.2, -0.15) is 10.4 Å². The normalized spacial score (nSPS) is 11.2. The molecule has 3 aromatic rings. The molecule has 3 rings (SSSR count). The van der Waals surface area contributed by atoms with Crippen LogP contribution in [0, 0.1) is 25.2 Å². The summed E-state index contributed by atoms with van der Waals surface area (Å²) in [5.74, 6) is 0.0161. The second-order valence-electron chi connectivity index (χ2n) is 7.94. The molecular weight excluding hydrogens is 452 g/mol. The van der Waals surface area contributed by atoms with Gasteiger partial charge >= 0.3 is 0 Å². The van der Waals surface area contributed by atoms with Crippen molar-refractivity contribution in [1.29, 1.82) is 5.26 Å². The zero-order valence-electron chi connectivity index (χ0n) is 19.2. The van der Waals surface area contributed by atoms with Crippen LogP contribution >= 0.6 is 0 Å². The Morgan fingerprint density at radius 3 is 2.59 bits per heavy atom. The van der Waals surface area contributed by atoms with Gasteiger partial charge in [0.2, 0.25) is 15.9 Å². The molecule has 2 aromatic carbocycles. The molecule has 0 spiro atoms. The van der Waals surface area contributed by atoms with E-state index >= 15 is 0 Å². The predicted molar refractivity (Wildman–Crippen MR) is 130 cm³/mol. The van der Waals surface area contributed by atoms with E-state index < -0.39 is 10.0 Å².